The number of hydrogen-bond acceptors (Lipinski definition) is 2. The normalized spacial score (nSPS) is 33.5. The third-order valence-electron chi connectivity index (χ3n) is 5.27. The number of fused-ring (bicyclic) bond motifs is 1. The molecule has 0 N–H and O–H groups in total. The largest absolute Gasteiger partial charge is 0.376 e. The maximum atomic E-state index is 5.95. The lowest BCUT2D eigenvalue weighted by molar-refractivity contribution is 0.0642. The molecule has 20 heavy (non-hydrogen) atoms. The van der Waals surface area contributed by atoms with Crippen molar-refractivity contribution < 1.29 is 9.47 Å². The van der Waals surface area contributed by atoms with Crippen LogP contribution in [0, 0.1) is 18.8 Å². The molecule has 1 aliphatic heterocycles. The zero-order chi connectivity index (χ0) is 14.2. The molecule has 1 heterocycles. The molecule has 0 amide bonds. The van der Waals surface area contributed by atoms with E-state index in [1.54, 1.807) is 0 Å². The Morgan fingerprint density at radius 3 is 2.95 bits per heavy atom. The van der Waals surface area contributed by atoms with Crippen molar-refractivity contribution in [2.24, 2.45) is 11.8 Å². The number of benzene rings is 1. The minimum absolute atomic E-state index is 0.234. The third kappa shape index (κ3) is 2.91. The van der Waals surface area contributed by atoms with Crippen molar-refractivity contribution >= 4 is 0 Å². The van der Waals surface area contributed by atoms with Crippen molar-refractivity contribution in [2.45, 2.75) is 58.3 Å². The fraction of sp³-hybridized carbons (Fsp3) is 0.667. The lowest BCUT2D eigenvalue weighted by atomic mass is 9.77. The van der Waals surface area contributed by atoms with Crippen molar-refractivity contribution in [1.82, 2.24) is 0 Å². The van der Waals surface area contributed by atoms with Gasteiger partial charge >= 0.3 is 0 Å². The predicted octanol–water partition coefficient (Wildman–Crippen LogP) is 4.11. The molecule has 0 bridgehead atoms. The minimum Gasteiger partial charge on any atom is -0.376 e. The molecule has 3 rings (SSSR count). The monoisotopic (exact) mass is 274 g/mol. The topological polar surface area (TPSA) is 21.8 Å². The summed E-state index contributed by atoms with van der Waals surface area (Å²) in [7, 11) is 0. The number of ether oxygens (including phenoxy) is 2. The van der Waals surface area contributed by atoms with E-state index in [0.29, 0.717) is 12.0 Å². The smallest absolute Gasteiger partial charge is 0.0920 e. The van der Waals surface area contributed by atoms with E-state index in [9.17, 15) is 0 Å². The Kier molecular flexibility index (Phi) is 3.87. The maximum absolute atomic E-state index is 5.95. The van der Waals surface area contributed by atoms with Gasteiger partial charge in [-0.3, -0.25) is 0 Å². The van der Waals surface area contributed by atoms with Gasteiger partial charge in [-0.15, -0.1) is 0 Å². The fourth-order valence-electron chi connectivity index (χ4n) is 3.45. The van der Waals surface area contributed by atoms with Gasteiger partial charge in [0.05, 0.1) is 18.3 Å². The summed E-state index contributed by atoms with van der Waals surface area (Å²) in [6.45, 7) is 8.33. The van der Waals surface area contributed by atoms with Gasteiger partial charge in [0.2, 0.25) is 0 Å². The highest BCUT2D eigenvalue weighted by Crippen LogP contribution is 2.50. The highest BCUT2D eigenvalue weighted by Gasteiger charge is 2.55. The summed E-state index contributed by atoms with van der Waals surface area (Å²) < 4.78 is 11.7. The molecule has 1 aromatic carbocycles. The molecule has 1 unspecified atom stereocenters. The molecule has 2 nitrogen and oxygen atoms in total. The highest BCUT2D eigenvalue weighted by atomic mass is 16.6. The predicted molar refractivity (Wildman–Crippen MR) is 80.6 cm³/mol. The Bertz CT molecular complexity index is 470. The molecule has 1 aromatic rings. The molecule has 4 atom stereocenters. The average molecular weight is 274 g/mol. The zero-order valence-electron chi connectivity index (χ0n) is 12.9. The van der Waals surface area contributed by atoms with Gasteiger partial charge in [0.25, 0.3) is 0 Å². The second kappa shape index (κ2) is 5.50. The van der Waals surface area contributed by atoms with E-state index in [2.05, 4.69) is 45.0 Å². The molecule has 110 valence electrons. The molecular formula is C18H26O2. The second-order valence-corrected chi connectivity index (χ2v) is 6.87. The van der Waals surface area contributed by atoms with E-state index in [1.165, 1.54) is 30.4 Å². The Morgan fingerprint density at radius 2 is 2.20 bits per heavy atom. The van der Waals surface area contributed by atoms with Gasteiger partial charge in [-0.05, 0) is 56.1 Å². The van der Waals surface area contributed by atoms with Crippen molar-refractivity contribution in [1.29, 1.82) is 0 Å². The summed E-state index contributed by atoms with van der Waals surface area (Å²) >= 11 is 0. The van der Waals surface area contributed by atoms with Crippen molar-refractivity contribution in [3.05, 3.63) is 35.4 Å². The number of aryl methyl sites for hydroxylation is 1. The third-order valence-corrected chi connectivity index (χ3v) is 5.27. The van der Waals surface area contributed by atoms with Crippen molar-refractivity contribution in [3.8, 4) is 0 Å². The van der Waals surface area contributed by atoms with Gasteiger partial charge in [-0.2, -0.15) is 0 Å². The summed E-state index contributed by atoms with van der Waals surface area (Å²) in [5.74, 6) is 1.40. The first kappa shape index (κ1) is 14.1. The molecule has 0 radical (unpaired) electrons. The molecule has 2 heteroatoms. The summed E-state index contributed by atoms with van der Waals surface area (Å²) in [5, 5.41) is 0. The maximum Gasteiger partial charge on any atom is 0.0920 e. The molecular weight excluding hydrogens is 248 g/mol. The molecule has 2 aliphatic rings. The molecule has 1 saturated heterocycles. The van der Waals surface area contributed by atoms with Crippen LogP contribution in [0.25, 0.3) is 0 Å². The van der Waals surface area contributed by atoms with E-state index < -0.39 is 0 Å². The summed E-state index contributed by atoms with van der Waals surface area (Å²) in [6.07, 6.45) is 4.28. The Hall–Kier alpha value is -0.860. The van der Waals surface area contributed by atoms with Crippen LogP contribution in [0.2, 0.25) is 0 Å². The van der Waals surface area contributed by atoms with Gasteiger partial charge in [0, 0.05) is 6.61 Å². The van der Waals surface area contributed by atoms with E-state index in [1.807, 2.05) is 0 Å². The van der Waals surface area contributed by atoms with Gasteiger partial charge in [-0.25, -0.2) is 0 Å². The average Bonchev–Trinajstić information content (AvgIpc) is 3.11. The Balaban J connectivity index is 1.43. The van der Waals surface area contributed by atoms with Gasteiger partial charge in [-0.1, -0.05) is 31.2 Å². The van der Waals surface area contributed by atoms with Crippen LogP contribution in [0.3, 0.4) is 0 Å². The molecule has 1 aliphatic carbocycles. The van der Waals surface area contributed by atoms with Crippen molar-refractivity contribution in [3.63, 3.8) is 0 Å². The number of hydrogen-bond donors (Lipinski definition) is 0. The minimum atomic E-state index is 0.234. The second-order valence-electron chi connectivity index (χ2n) is 6.87. The quantitative estimate of drug-likeness (QED) is 0.754. The van der Waals surface area contributed by atoms with Crippen LogP contribution in [0.4, 0.5) is 0 Å². The number of epoxide rings is 1. The standard InChI is InChI=1S/C18H26O2/c1-13-6-4-5-7-16(13)12-19-11-14(2)15-8-9-18(3)17(10-15)20-18/h4-7,14-15,17H,8-12H2,1-3H3/t14?,15-,17-,18+/m0/s1. The lowest BCUT2D eigenvalue weighted by Gasteiger charge is -2.27. The number of rotatable bonds is 5. The van der Waals surface area contributed by atoms with E-state index in [-0.39, 0.29) is 5.60 Å². The summed E-state index contributed by atoms with van der Waals surface area (Å²) in [4.78, 5) is 0. The first-order chi connectivity index (χ1) is 9.58. The first-order valence-corrected chi connectivity index (χ1v) is 7.88. The zero-order valence-corrected chi connectivity index (χ0v) is 12.9. The molecule has 0 aromatic heterocycles. The van der Waals surface area contributed by atoms with E-state index in [0.717, 1.165) is 19.1 Å². The highest BCUT2D eigenvalue weighted by molar-refractivity contribution is 5.24. The van der Waals surface area contributed by atoms with E-state index in [4.69, 9.17) is 9.47 Å². The van der Waals surface area contributed by atoms with Crippen LogP contribution in [-0.4, -0.2) is 18.3 Å². The van der Waals surface area contributed by atoms with Crippen LogP contribution in [0.1, 0.15) is 44.2 Å². The SMILES string of the molecule is Cc1ccccc1COCC(C)[C@H]1CC[C@@]2(C)O[C@H]2C1. The lowest BCUT2D eigenvalue weighted by Crippen LogP contribution is -2.27. The molecule has 0 spiro atoms. The summed E-state index contributed by atoms with van der Waals surface area (Å²) in [6, 6.07) is 8.47. The van der Waals surface area contributed by atoms with Crippen LogP contribution in [0.15, 0.2) is 24.3 Å². The van der Waals surface area contributed by atoms with Crippen LogP contribution < -0.4 is 0 Å². The van der Waals surface area contributed by atoms with E-state index >= 15 is 0 Å². The Labute approximate surface area is 122 Å². The Morgan fingerprint density at radius 1 is 1.40 bits per heavy atom. The van der Waals surface area contributed by atoms with Gasteiger partial charge < -0.3 is 9.47 Å². The van der Waals surface area contributed by atoms with Gasteiger partial charge in [0.15, 0.2) is 0 Å². The van der Waals surface area contributed by atoms with Crippen LogP contribution >= 0.6 is 0 Å². The van der Waals surface area contributed by atoms with Crippen LogP contribution in [-0.2, 0) is 16.1 Å². The van der Waals surface area contributed by atoms with Gasteiger partial charge in [0.1, 0.15) is 0 Å². The fourth-order valence-corrected chi connectivity index (χ4v) is 3.45. The summed E-state index contributed by atoms with van der Waals surface area (Å²) in [5.41, 5.74) is 2.86. The first-order valence-electron chi connectivity index (χ1n) is 7.88. The van der Waals surface area contributed by atoms with Crippen molar-refractivity contribution in [2.75, 3.05) is 6.61 Å². The van der Waals surface area contributed by atoms with Crippen LogP contribution in [0.5, 0.6) is 0 Å². The molecule has 2 fully saturated rings. The molecule has 1 saturated carbocycles.